The van der Waals surface area contributed by atoms with E-state index in [1.54, 1.807) is 4.90 Å². The fourth-order valence-electron chi connectivity index (χ4n) is 2.41. The van der Waals surface area contributed by atoms with Gasteiger partial charge in [0.1, 0.15) is 0 Å². The van der Waals surface area contributed by atoms with Gasteiger partial charge in [-0.05, 0) is 13.0 Å². The third-order valence-electron chi connectivity index (χ3n) is 3.31. The maximum absolute atomic E-state index is 12.5. The van der Waals surface area contributed by atoms with Gasteiger partial charge in [-0.1, -0.05) is 6.92 Å². The summed E-state index contributed by atoms with van der Waals surface area (Å²) >= 11 is 0. The number of aliphatic hydroxyl groups excluding tert-OH is 1. The molecule has 1 rings (SSSR count). The molecule has 0 aliphatic carbocycles. The van der Waals surface area contributed by atoms with Crippen LogP contribution in [-0.2, 0) is 4.74 Å². The van der Waals surface area contributed by atoms with Crippen molar-refractivity contribution in [3.63, 3.8) is 0 Å². The first-order valence-corrected chi connectivity index (χ1v) is 6.52. The van der Waals surface area contributed by atoms with Crippen LogP contribution in [0.15, 0.2) is 0 Å². The minimum absolute atomic E-state index is 0.0924. The molecule has 0 aromatic rings. The number of nitrogens with zero attached hydrogens (tertiary/aromatic N) is 1. The van der Waals surface area contributed by atoms with E-state index in [0.717, 1.165) is 19.5 Å². The monoisotopic (exact) mass is 266 g/mol. The zero-order valence-electron chi connectivity index (χ0n) is 11.0. The maximum Gasteiger partial charge on any atom is 0.251 e. The molecule has 6 heteroatoms. The first-order chi connectivity index (χ1) is 8.62. The lowest BCUT2D eigenvalue weighted by molar-refractivity contribution is 0.0448. The second-order valence-corrected chi connectivity index (χ2v) is 4.93. The summed E-state index contributed by atoms with van der Waals surface area (Å²) in [5.74, 6) is 0. The van der Waals surface area contributed by atoms with E-state index >= 15 is 0 Å². The van der Waals surface area contributed by atoms with Crippen LogP contribution in [0.5, 0.6) is 0 Å². The van der Waals surface area contributed by atoms with Gasteiger partial charge in [-0.25, -0.2) is 8.78 Å². The van der Waals surface area contributed by atoms with Crippen LogP contribution >= 0.6 is 0 Å². The summed E-state index contributed by atoms with van der Waals surface area (Å²) in [5, 5.41) is 12.2. The van der Waals surface area contributed by atoms with Gasteiger partial charge in [-0.3, -0.25) is 4.90 Å². The van der Waals surface area contributed by atoms with E-state index in [2.05, 4.69) is 5.32 Å². The predicted molar refractivity (Wildman–Crippen MR) is 65.9 cm³/mol. The van der Waals surface area contributed by atoms with Gasteiger partial charge in [-0.15, -0.1) is 0 Å². The average Bonchev–Trinajstić information content (AvgIpc) is 2.75. The molecule has 0 aromatic heterocycles. The van der Waals surface area contributed by atoms with Gasteiger partial charge < -0.3 is 15.2 Å². The number of nitrogens with one attached hydrogen (secondary N) is 1. The molecule has 0 saturated carbocycles. The number of ether oxygens (including phenoxy) is 1. The van der Waals surface area contributed by atoms with E-state index in [1.165, 1.54) is 0 Å². The van der Waals surface area contributed by atoms with Crippen LogP contribution < -0.4 is 5.32 Å². The van der Waals surface area contributed by atoms with Crippen LogP contribution in [0.2, 0.25) is 0 Å². The third kappa shape index (κ3) is 5.14. The zero-order valence-corrected chi connectivity index (χ0v) is 11.0. The van der Waals surface area contributed by atoms with E-state index < -0.39 is 6.43 Å². The predicted octanol–water partition coefficient (Wildman–Crippen LogP) is 0.562. The SMILES string of the molecule is CCNCC1(CN(CCO)CC(F)F)CCOC1. The summed E-state index contributed by atoms with van der Waals surface area (Å²) in [4.78, 5) is 1.64. The Hall–Kier alpha value is -0.300. The fraction of sp³-hybridized carbons (Fsp3) is 1.00. The van der Waals surface area contributed by atoms with Gasteiger partial charge in [0.2, 0.25) is 0 Å². The molecular formula is C12H24F2N2O2. The lowest BCUT2D eigenvalue weighted by Crippen LogP contribution is -2.46. The Morgan fingerprint density at radius 3 is 2.78 bits per heavy atom. The van der Waals surface area contributed by atoms with Crippen LogP contribution in [0, 0.1) is 5.41 Å². The minimum Gasteiger partial charge on any atom is -0.395 e. The van der Waals surface area contributed by atoms with Crippen molar-refractivity contribution in [1.29, 1.82) is 0 Å². The molecule has 0 bridgehead atoms. The Labute approximate surface area is 107 Å². The Bertz CT molecular complexity index is 224. The number of hydrogen-bond acceptors (Lipinski definition) is 4. The van der Waals surface area contributed by atoms with Crippen molar-refractivity contribution in [2.45, 2.75) is 19.8 Å². The number of alkyl halides is 2. The van der Waals surface area contributed by atoms with Crippen molar-refractivity contribution < 1.29 is 18.6 Å². The second kappa shape index (κ2) is 7.99. The van der Waals surface area contributed by atoms with Gasteiger partial charge in [0, 0.05) is 31.7 Å². The molecule has 0 radical (unpaired) electrons. The highest BCUT2D eigenvalue weighted by atomic mass is 19.3. The molecule has 18 heavy (non-hydrogen) atoms. The lowest BCUT2D eigenvalue weighted by atomic mass is 9.86. The molecule has 1 atom stereocenters. The minimum atomic E-state index is -2.37. The summed E-state index contributed by atoms with van der Waals surface area (Å²) in [7, 11) is 0. The van der Waals surface area contributed by atoms with Crippen molar-refractivity contribution in [2.75, 3.05) is 52.5 Å². The fourth-order valence-corrected chi connectivity index (χ4v) is 2.41. The molecule has 0 aromatic carbocycles. The lowest BCUT2D eigenvalue weighted by Gasteiger charge is -2.34. The molecule has 1 aliphatic rings. The highest BCUT2D eigenvalue weighted by Crippen LogP contribution is 2.29. The largest absolute Gasteiger partial charge is 0.395 e. The first-order valence-electron chi connectivity index (χ1n) is 6.52. The van der Waals surface area contributed by atoms with Crippen LogP contribution in [-0.4, -0.2) is 69.0 Å². The van der Waals surface area contributed by atoms with E-state index in [4.69, 9.17) is 9.84 Å². The smallest absolute Gasteiger partial charge is 0.251 e. The van der Waals surface area contributed by atoms with Crippen LogP contribution in [0.4, 0.5) is 8.78 Å². The molecule has 1 fully saturated rings. The van der Waals surface area contributed by atoms with Crippen LogP contribution in [0.3, 0.4) is 0 Å². The summed E-state index contributed by atoms with van der Waals surface area (Å²) < 4.78 is 30.4. The summed E-state index contributed by atoms with van der Waals surface area (Å²) in [6, 6.07) is 0. The van der Waals surface area contributed by atoms with Crippen molar-refractivity contribution in [1.82, 2.24) is 10.2 Å². The third-order valence-corrected chi connectivity index (χ3v) is 3.31. The normalized spacial score (nSPS) is 24.3. The Morgan fingerprint density at radius 1 is 1.50 bits per heavy atom. The highest BCUT2D eigenvalue weighted by molar-refractivity contribution is 4.88. The molecule has 0 spiro atoms. The second-order valence-electron chi connectivity index (χ2n) is 4.93. The van der Waals surface area contributed by atoms with E-state index in [9.17, 15) is 8.78 Å². The van der Waals surface area contributed by atoms with Gasteiger partial charge in [0.05, 0.1) is 19.8 Å². The molecular weight excluding hydrogens is 242 g/mol. The zero-order chi connectivity index (χ0) is 13.4. The molecule has 1 saturated heterocycles. The molecule has 1 unspecified atom stereocenters. The quantitative estimate of drug-likeness (QED) is 0.640. The topological polar surface area (TPSA) is 44.7 Å². The molecule has 4 nitrogen and oxygen atoms in total. The average molecular weight is 266 g/mol. The Balaban J connectivity index is 2.55. The van der Waals surface area contributed by atoms with Gasteiger partial charge in [-0.2, -0.15) is 0 Å². The van der Waals surface area contributed by atoms with Crippen molar-refractivity contribution in [3.05, 3.63) is 0 Å². The number of aliphatic hydroxyl groups is 1. The van der Waals surface area contributed by atoms with Crippen molar-refractivity contribution in [3.8, 4) is 0 Å². The highest BCUT2D eigenvalue weighted by Gasteiger charge is 2.36. The molecule has 2 N–H and O–H groups in total. The van der Waals surface area contributed by atoms with Crippen molar-refractivity contribution >= 4 is 0 Å². The van der Waals surface area contributed by atoms with E-state index in [1.807, 2.05) is 6.92 Å². The van der Waals surface area contributed by atoms with Gasteiger partial charge >= 0.3 is 0 Å². The van der Waals surface area contributed by atoms with Gasteiger partial charge in [0.25, 0.3) is 6.43 Å². The summed E-state index contributed by atoms with van der Waals surface area (Å²) in [5.41, 5.74) is -0.0972. The summed E-state index contributed by atoms with van der Waals surface area (Å²) in [6.07, 6.45) is -1.49. The van der Waals surface area contributed by atoms with Crippen LogP contribution in [0.25, 0.3) is 0 Å². The van der Waals surface area contributed by atoms with E-state index in [0.29, 0.717) is 19.8 Å². The van der Waals surface area contributed by atoms with E-state index in [-0.39, 0.29) is 25.1 Å². The molecule has 1 aliphatic heterocycles. The molecule has 108 valence electrons. The molecule has 0 amide bonds. The standard InChI is InChI=1S/C12H24F2N2O2/c1-2-15-8-12(3-6-18-10-12)9-16(4-5-17)7-11(13)14/h11,15,17H,2-10H2,1H3. The Kier molecular flexibility index (Phi) is 6.99. The molecule has 1 heterocycles. The van der Waals surface area contributed by atoms with Crippen molar-refractivity contribution in [2.24, 2.45) is 5.41 Å². The Morgan fingerprint density at radius 2 is 2.28 bits per heavy atom. The summed E-state index contributed by atoms with van der Waals surface area (Å²) in [6.45, 7) is 5.40. The van der Waals surface area contributed by atoms with Crippen LogP contribution in [0.1, 0.15) is 13.3 Å². The number of halogens is 2. The maximum atomic E-state index is 12.5. The first kappa shape index (κ1) is 15.8. The van der Waals surface area contributed by atoms with Gasteiger partial charge in [0.15, 0.2) is 0 Å². The number of hydrogen-bond donors (Lipinski definition) is 2. The number of rotatable bonds is 9.